The highest BCUT2D eigenvalue weighted by Gasteiger charge is 2.30. The van der Waals surface area contributed by atoms with Gasteiger partial charge in [0.25, 0.3) is 0 Å². The van der Waals surface area contributed by atoms with E-state index < -0.39 is 5.54 Å². The van der Waals surface area contributed by atoms with Gasteiger partial charge < -0.3 is 16.0 Å². The molecule has 0 bridgehead atoms. The van der Waals surface area contributed by atoms with E-state index in [1.807, 2.05) is 6.92 Å². The standard InChI is InChI=1S/C16H33N3O/c1-13(2)18-16(4,15(17)20)9-5-6-10-19-11-7-14(3)8-12-19/h13-14,18H,5-12H2,1-4H3,(H2,17,20). The molecule has 0 aromatic heterocycles. The lowest BCUT2D eigenvalue weighted by Crippen LogP contribution is -2.55. The number of likely N-dealkylation sites (tertiary alicyclic amines) is 1. The average molecular weight is 283 g/mol. The Kier molecular flexibility index (Phi) is 6.96. The van der Waals surface area contributed by atoms with Crippen molar-refractivity contribution in [3.63, 3.8) is 0 Å². The number of piperidine rings is 1. The molecule has 1 aliphatic heterocycles. The van der Waals surface area contributed by atoms with Gasteiger partial charge in [0.05, 0.1) is 5.54 Å². The van der Waals surface area contributed by atoms with Crippen molar-refractivity contribution < 1.29 is 4.79 Å². The van der Waals surface area contributed by atoms with Gasteiger partial charge >= 0.3 is 0 Å². The summed E-state index contributed by atoms with van der Waals surface area (Å²) in [6.07, 6.45) is 5.68. The predicted molar refractivity (Wildman–Crippen MR) is 84.6 cm³/mol. The van der Waals surface area contributed by atoms with Crippen molar-refractivity contribution in [3.05, 3.63) is 0 Å². The summed E-state index contributed by atoms with van der Waals surface area (Å²) in [5.41, 5.74) is 4.98. The fourth-order valence-electron chi connectivity index (χ4n) is 3.00. The minimum Gasteiger partial charge on any atom is -0.368 e. The Labute approximate surface area is 124 Å². The molecular weight excluding hydrogens is 250 g/mol. The molecule has 1 heterocycles. The molecule has 20 heavy (non-hydrogen) atoms. The number of carbonyl (C=O) groups excluding carboxylic acids is 1. The van der Waals surface area contributed by atoms with Crippen molar-refractivity contribution in [2.24, 2.45) is 11.7 Å². The Bertz CT molecular complexity index is 298. The number of primary amides is 1. The molecule has 0 saturated carbocycles. The molecule has 1 amide bonds. The van der Waals surface area contributed by atoms with E-state index in [2.05, 4.69) is 31.0 Å². The average Bonchev–Trinajstić information content (AvgIpc) is 2.36. The van der Waals surface area contributed by atoms with Gasteiger partial charge in [0.1, 0.15) is 0 Å². The minimum atomic E-state index is -0.565. The lowest BCUT2D eigenvalue weighted by atomic mass is 9.92. The van der Waals surface area contributed by atoms with Gasteiger partial charge in [0.15, 0.2) is 0 Å². The van der Waals surface area contributed by atoms with Crippen molar-refractivity contribution >= 4 is 5.91 Å². The molecular formula is C16H33N3O. The van der Waals surface area contributed by atoms with Crippen LogP contribution in [0.25, 0.3) is 0 Å². The van der Waals surface area contributed by atoms with Gasteiger partial charge in [-0.05, 0) is 78.4 Å². The van der Waals surface area contributed by atoms with Crippen molar-refractivity contribution in [2.45, 2.75) is 71.4 Å². The van der Waals surface area contributed by atoms with Gasteiger partial charge in [-0.3, -0.25) is 4.79 Å². The second-order valence-corrected chi connectivity index (χ2v) is 6.98. The third kappa shape index (κ3) is 5.80. The van der Waals surface area contributed by atoms with E-state index in [1.165, 1.54) is 25.9 Å². The van der Waals surface area contributed by atoms with Crippen LogP contribution in [0.1, 0.15) is 59.8 Å². The zero-order chi connectivity index (χ0) is 15.2. The normalized spacial score (nSPS) is 21.1. The van der Waals surface area contributed by atoms with Crippen LogP contribution in [0.2, 0.25) is 0 Å². The van der Waals surface area contributed by atoms with E-state index >= 15 is 0 Å². The van der Waals surface area contributed by atoms with Crippen molar-refractivity contribution in [1.82, 2.24) is 10.2 Å². The van der Waals surface area contributed by atoms with Crippen LogP contribution in [-0.4, -0.2) is 42.0 Å². The number of hydrogen-bond acceptors (Lipinski definition) is 3. The Hall–Kier alpha value is -0.610. The molecule has 3 N–H and O–H groups in total. The van der Waals surface area contributed by atoms with Crippen LogP contribution < -0.4 is 11.1 Å². The third-order valence-corrected chi connectivity index (χ3v) is 4.43. The van der Waals surface area contributed by atoms with Crippen molar-refractivity contribution in [1.29, 1.82) is 0 Å². The molecule has 1 fully saturated rings. The summed E-state index contributed by atoms with van der Waals surface area (Å²) in [4.78, 5) is 14.2. The number of nitrogens with two attached hydrogens (primary N) is 1. The fourth-order valence-corrected chi connectivity index (χ4v) is 3.00. The molecule has 118 valence electrons. The maximum Gasteiger partial charge on any atom is 0.237 e. The summed E-state index contributed by atoms with van der Waals surface area (Å²) in [6, 6.07) is 0.274. The summed E-state index contributed by atoms with van der Waals surface area (Å²) in [5, 5.41) is 3.31. The highest BCUT2D eigenvalue weighted by atomic mass is 16.1. The molecule has 0 aromatic carbocycles. The lowest BCUT2D eigenvalue weighted by molar-refractivity contribution is -0.124. The second-order valence-electron chi connectivity index (χ2n) is 6.98. The quantitative estimate of drug-likeness (QED) is 0.671. The maximum atomic E-state index is 11.6. The highest BCUT2D eigenvalue weighted by molar-refractivity contribution is 5.84. The molecule has 0 aliphatic carbocycles. The van der Waals surface area contributed by atoms with Crippen LogP contribution in [0.3, 0.4) is 0 Å². The molecule has 0 spiro atoms. The summed E-state index contributed by atoms with van der Waals surface area (Å²) in [5.74, 6) is 0.651. The summed E-state index contributed by atoms with van der Waals surface area (Å²) >= 11 is 0. The van der Waals surface area contributed by atoms with E-state index in [1.54, 1.807) is 0 Å². The van der Waals surface area contributed by atoms with Crippen LogP contribution >= 0.6 is 0 Å². The molecule has 1 rings (SSSR count). The Balaban J connectivity index is 2.25. The van der Waals surface area contributed by atoms with Crippen LogP contribution in [0.4, 0.5) is 0 Å². The molecule has 1 aliphatic rings. The van der Waals surface area contributed by atoms with Gasteiger partial charge in [0, 0.05) is 6.04 Å². The first-order chi connectivity index (χ1) is 9.33. The molecule has 1 unspecified atom stereocenters. The number of carbonyl (C=O) groups is 1. The van der Waals surface area contributed by atoms with Crippen LogP contribution in [0, 0.1) is 5.92 Å². The lowest BCUT2D eigenvalue weighted by Gasteiger charge is -2.32. The topological polar surface area (TPSA) is 58.4 Å². The number of amides is 1. The number of unbranched alkanes of at least 4 members (excludes halogenated alkanes) is 1. The SMILES string of the molecule is CC1CCN(CCCCC(C)(NC(C)C)C(N)=O)CC1. The van der Waals surface area contributed by atoms with E-state index in [0.29, 0.717) is 0 Å². The van der Waals surface area contributed by atoms with Crippen molar-refractivity contribution in [2.75, 3.05) is 19.6 Å². The first-order valence-corrected chi connectivity index (χ1v) is 8.13. The van der Waals surface area contributed by atoms with E-state index in [9.17, 15) is 4.79 Å². The smallest absolute Gasteiger partial charge is 0.237 e. The van der Waals surface area contributed by atoms with Gasteiger partial charge in [0.2, 0.25) is 5.91 Å². The van der Waals surface area contributed by atoms with Crippen LogP contribution in [-0.2, 0) is 4.79 Å². The molecule has 4 heteroatoms. The molecule has 1 saturated heterocycles. The van der Waals surface area contributed by atoms with Crippen molar-refractivity contribution in [3.8, 4) is 0 Å². The molecule has 0 radical (unpaired) electrons. The zero-order valence-electron chi connectivity index (χ0n) is 13.7. The number of nitrogens with one attached hydrogen (secondary N) is 1. The summed E-state index contributed by atoms with van der Waals surface area (Å²) < 4.78 is 0. The van der Waals surface area contributed by atoms with Gasteiger partial charge in [-0.15, -0.1) is 0 Å². The Morgan fingerprint density at radius 3 is 2.45 bits per heavy atom. The summed E-state index contributed by atoms with van der Waals surface area (Å²) in [7, 11) is 0. The van der Waals surface area contributed by atoms with Crippen LogP contribution in [0.15, 0.2) is 0 Å². The van der Waals surface area contributed by atoms with Crippen LogP contribution in [0.5, 0.6) is 0 Å². The van der Waals surface area contributed by atoms with E-state index in [-0.39, 0.29) is 11.9 Å². The van der Waals surface area contributed by atoms with Gasteiger partial charge in [-0.2, -0.15) is 0 Å². The molecule has 4 nitrogen and oxygen atoms in total. The molecule has 1 atom stereocenters. The number of nitrogens with zero attached hydrogens (tertiary/aromatic N) is 1. The molecule has 0 aromatic rings. The monoisotopic (exact) mass is 283 g/mol. The maximum absolute atomic E-state index is 11.6. The van der Waals surface area contributed by atoms with Gasteiger partial charge in [-0.1, -0.05) is 6.92 Å². The largest absolute Gasteiger partial charge is 0.368 e. The Morgan fingerprint density at radius 2 is 1.95 bits per heavy atom. The Morgan fingerprint density at radius 1 is 1.35 bits per heavy atom. The predicted octanol–water partition coefficient (Wildman–Crippen LogP) is 2.13. The minimum absolute atomic E-state index is 0.238. The fraction of sp³-hybridized carbons (Fsp3) is 0.938. The highest BCUT2D eigenvalue weighted by Crippen LogP contribution is 2.18. The zero-order valence-corrected chi connectivity index (χ0v) is 13.7. The first-order valence-electron chi connectivity index (χ1n) is 8.13. The van der Waals surface area contributed by atoms with E-state index in [0.717, 1.165) is 31.7 Å². The number of rotatable bonds is 8. The summed E-state index contributed by atoms with van der Waals surface area (Å²) in [6.45, 7) is 12.0. The number of hydrogen-bond donors (Lipinski definition) is 2. The van der Waals surface area contributed by atoms with E-state index in [4.69, 9.17) is 5.73 Å². The van der Waals surface area contributed by atoms with Gasteiger partial charge in [-0.25, -0.2) is 0 Å². The first kappa shape index (κ1) is 17.4. The second kappa shape index (κ2) is 7.99. The third-order valence-electron chi connectivity index (χ3n) is 4.43.